The van der Waals surface area contributed by atoms with Gasteiger partial charge in [-0.25, -0.2) is 4.39 Å². The number of aromatic nitrogens is 1. The molecule has 1 aromatic heterocycles. The first-order valence-corrected chi connectivity index (χ1v) is 21.9. The topological polar surface area (TPSA) is 48.4 Å². The quantitative estimate of drug-likeness (QED) is 0.0728. The molecule has 0 spiro atoms. The van der Waals surface area contributed by atoms with Crippen LogP contribution in [0.15, 0.2) is 115 Å². The zero-order valence-corrected chi connectivity index (χ0v) is 33.6. The van der Waals surface area contributed by atoms with Crippen molar-refractivity contribution in [1.29, 1.82) is 0 Å². The van der Waals surface area contributed by atoms with Gasteiger partial charge in [0.05, 0.1) is 29.2 Å². The van der Waals surface area contributed by atoms with Gasteiger partial charge in [0, 0.05) is 18.2 Å². The van der Waals surface area contributed by atoms with Crippen LogP contribution in [-0.4, -0.2) is 32.7 Å². The highest BCUT2D eigenvalue weighted by Gasteiger charge is 2.51. The van der Waals surface area contributed by atoms with Crippen molar-refractivity contribution in [2.45, 2.75) is 78.4 Å². The minimum absolute atomic E-state index is 0.000618. The minimum Gasteiger partial charge on any atom is -0.404 e. The molecule has 2 atom stereocenters. The summed E-state index contributed by atoms with van der Waals surface area (Å²) in [6, 6.07) is 37.6. The molecule has 5 aromatic rings. The van der Waals surface area contributed by atoms with Crippen molar-refractivity contribution in [3.63, 3.8) is 0 Å². The molecule has 5 rings (SSSR count). The standard InChI is InChI=1S/C45H51FNO3PSi/c1-9-37(50-52(45(5,6)7,38-22-16-12-17-23-38)39-24-18-13-19-25-39)32-51(48,49-8)31-30-41-42(34-26-28-36(46)29-27-34)40(10-2)44(47-43(41)33(3)4)35-20-14-11-15-21-35/h11-29,33,37H,9-10,32H2,1-8H3/t37-,51?/m0/s1. The van der Waals surface area contributed by atoms with Gasteiger partial charge in [0.15, 0.2) is 0 Å². The van der Waals surface area contributed by atoms with Crippen molar-refractivity contribution in [3.05, 3.63) is 138 Å². The third-order valence-electron chi connectivity index (χ3n) is 9.71. The first kappa shape index (κ1) is 39.1. The fraction of sp³-hybridized carbons (Fsp3) is 0.311. The van der Waals surface area contributed by atoms with Crippen LogP contribution in [0.1, 0.15) is 77.6 Å². The summed E-state index contributed by atoms with van der Waals surface area (Å²) < 4.78 is 42.3. The zero-order valence-electron chi connectivity index (χ0n) is 31.7. The van der Waals surface area contributed by atoms with Gasteiger partial charge in [-0.15, -0.1) is 0 Å². The lowest BCUT2D eigenvalue weighted by Gasteiger charge is -2.45. The number of hydrogen-bond acceptors (Lipinski definition) is 4. The second-order valence-electron chi connectivity index (χ2n) is 14.5. The summed E-state index contributed by atoms with van der Waals surface area (Å²) in [5.41, 5.74) is 9.23. The highest BCUT2D eigenvalue weighted by atomic mass is 31.2. The molecule has 4 nitrogen and oxygen atoms in total. The van der Waals surface area contributed by atoms with Gasteiger partial charge in [-0.05, 0) is 63.1 Å². The van der Waals surface area contributed by atoms with E-state index in [1.54, 1.807) is 12.1 Å². The average molecular weight is 732 g/mol. The smallest absolute Gasteiger partial charge is 0.276 e. The zero-order chi connectivity index (χ0) is 37.5. The molecule has 0 radical (unpaired) electrons. The van der Waals surface area contributed by atoms with Crippen LogP contribution in [0, 0.1) is 17.4 Å². The van der Waals surface area contributed by atoms with Gasteiger partial charge in [0.25, 0.3) is 15.7 Å². The van der Waals surface area contributed by atoms with Gasteiger partial charge in [-0.1, -0.05) is 158 Å². The lowest BCUT2D eigenvalue weighted by Crippen LogP contribution is -2.67. The molecule has 270 valence electrons. The van der Waals surface area contributed by atoms with Crippen LogP contribution in [0.4, 0.5) is 4.39 Å². The van der Waals surface area contributed by atoms with Gasteiger partial charge in [0.1, 0.15) is 5.82 Å². The molecular formula is C45H51FNO3PSi. The van der Waals surface area contributed by atoms with Crippen LogP contribution in [-0.2, 0) is 19.9 Å². The van der Waals surface area contributed by atoms with Crippen molar-refractivity contribution < 1.29 is 17.9 Å². The highest BCUT2D eigenvalue weighted by Crippen LogP contribution is 2.48. The molecule has 0 aliphatic carbocycles. The van der Waals surface area contributed by atoms with E-state index in [1.165, 1.54) is 19.2 Å². The maximum atomic E-state index is 14.8. The van der Waals surface area contributed by atoms with E-state index in [4.69, 9.17) is 13.9 Å². The number of rotatable bonds is 12. The molecule has 52 heavy (non-hydrogen) atoms. The van der Waals surface area contributed by atoms with Crippen LogP contribution in [0.3, 0.4) is 0 Å². The molecule has 0 N–H and O–H groups in total. The predicted molar refractivity (Wildman–Crippen MR) is 218 cm³/mol. The molecule has 7 heteroatoms. The Kier molecular flexibility index (Phi) is 12.6. The molecular weight excluding hydrogens is 681 g/mol. The summed E-state index contributed by atoms with van der Waals surface area (Å²) in [6.07, 6.45) is 1.04. The normalized spacial score (nSPS) is 13.7. The number of hydrogen-bond donors (Lipinski definition) is 0. The Morgan fingerprint density at radius 1 is 0.808 bits per heavy atom. The molecule has 1 unspecified atom stereocenters. The monoisotopic (exact) mass is 731 g/mol. The summed E-state index contributed by atoms with van der Waals surface area (Å²) in [7, 11) is -5.03. The fourth-order valence-corrected chi connectivity index (χ4v) is 13.5. The van der Waals surface area contributed by atoms with Crippen molar-refractivity contribution in [3.8, 4) is 34.0 Å². The van der Waals surface area contributed by atoms with Crippen molar-refractivity contribution in [1.82, 2.24) is 4.98 Å². The second-order valence-corrected chi connectivity index (χ2v) is 21.1. The summed E-state index contributed by atoms with van der Waals surface area (Å²) >= 11 is 0. The maximum absolute atomic E-state index is 14.8. The summed E-state index contributed by atoms with van der Waals surface area (Å²) in [5, 5.41) is 2.07. The summed E-state index contributed by atoms with van der Waals surface area (Å²) in [5.74, 6) is 3.06. The number of pyridine rings is 1. The van der Waals surface area contributed by atoms with Crippen molar-refractivity contribution in [2.24, 2.45) is 0 Å². The van der Waals surface area contributed by atoms with Crippen LogP contribution >= 0.6 is 7.37 Å². The van der Waals surface area contributed by atoms with E-state index in [1.807, 2.05) is 30.3 Å². The molecule has 0 aliphatic heterocycles. The van der Waals surface area contributed by atoms with Crippen LogP contribution in [0.2, 0.25) is 5.04 Å². The third kappa shape index (κ3) is 8.25. The van der Waals surface area contributed by atoms with Crippen LogP contribution in [0.5, 0.6) is 0 Å². The van der Waals surface area contributed by atoms with Crippen LogP contribution in [0.25, 0.3) is 22.4 Å². The summed E-state index contributed by atoms with van der Waals surface area (Å²) in [6.45, 7) is 15.1. The predicted octanol–water partition coefficient (Wildman–Crippen LogP) is 10.8. The SMILES string of the molecule is CCc1c(-c2ccccc2)nc(C(C)C)c(C#CP(=O)(C[C@H](CC)O[Si](c2ccccc2)(c2ccccc2)C(C)(C)C)OC)c1-c1ccc(F)cc1. The van der Waals surface area contributed by atoms with E-state index >= 15 is 0 Å². The lowest BCUT2D eigenvalue weighted by atomic mass is 9.87. The molecule has 0 fully saturated rings. The van der Waals surface area contributed by atoms with Gasteiger partial charge in [-0.3, -0.25) is 9.55 Å². The van der Waals surface area contributed by atoms with Gasteiger partial charge in [-0.2, -0.15) is 0 Å². The van der Waals surface area contributed by atoms with E-state index in [0.29, 0.717) is 18.4 Å². The second kappa shape index (κ2) is 16.7. The third-order valence-corrected chi connectivity index (χ3v) is 16.7. The van der Waals surface area contributed by atoms with E-state index in [0.717, 1.165) is 44.0 Å². The molecule has 0 aliphatic rings. The Morgan fingerprint density at radius 3 is 1.81 bits per heavy atom. The Balaban J connectivity index is 1.66. The maximum Gasteiger partial charge on any atom is 0.276 e. The fourth-order valence-electron chi connectivity index (χ4n) is 7.07. The number of halogens is 1. The van der Waals surface area contributed by atoms with Crippen molar-refractivity contribution >= 4 is 26.1 Å². The Labute approximate surface area is 311 Å². The van der Waals surface area contributed by atoms with E-state index < -0.39 is 21.8 Å². The Bertz CT molecular complexity index is 2010. The van der Waals surface area contributed by atoms with Crippen LogP contribution < -0.4 is 10.4 Å². The minimum atomic E-state index is -3.57. The first-order valence-electron chi connectivity index (χ1n) is 18.2. The van der Waals surface area contributed by atoms with E-state index in [9.17, 15) is 8.96 Å². The first-order chi connectivity index (χ1) is 24.9. The molecule has 4 aromatic carbocycles. The van der Waals surface area contributed by atoms with E-state index in [2.05, 4.69) is 121 Å². The number of benzene rings is 4. The summed E-state index contributed by atoms with van der Waals surface area (Å²) in [4.78, 5) is 5.24. The Hall–Kier alpha value is -4.11. The highest BCUT2D eigenvalue weighted by molar-refractivity contribution is 7.64. The van der Waals surface area contributed by atoms with Gasteiger partial charge < -0.3 is 8.95 Å². The van der Waals surface area contributed by atoms with E-state index in [-0.39, 0.29) is 22.9 Å². The molecule has 1 heterocycles. The van der Waals surface area contributed by atoms with Gasteiger partial charge in [0.2, 0.25) is 0 Å². The molecule has 0 amide bonds. The largest absolute Gasteiger partial charge is 0.404 e. The molecule has 0 saturated heterocycles. The average Bonchev–Trinajstić information content (AvgIpc) is 3.15. The Morgan fingerprint density at radius 2 is 1.35 bits per heavy atom. The lowest BCUT2D eigenvalue weighted by molar-refractivity contribution is 0.200. The number of nitrogens with zero attached hydrogens (tertiary/aromatic N) is 1. The van der Waals surface area contributed by atoms with Gasteiger partial charge >= 0.3 is 0 Å². The molecule has 0 bridgehead atoms. The van der Waals surface area contributed by atoms with Crippen molar-refractivity contribution in [2.75, 3.05) is 13.3 Å². The molecule has 0 saturated carbocycles.